The summed E-state index contributed by atoms with van der Waals surface area (Å²) in [6.45, 7) is 2.44. The Labute approximate surface area is 106 Å². The molecule has 1 aliphatic heterocycles. The number of carbonyl (C=O) groups is 1. The molecule has 0 radical (unpaired) electrons. The summed E-state index contributed by atoms with van der Waals surface area (Å²) in [6, 6.07) is 5.34. The van der Waals surface area contributed by atoms with Crippen LogP contribution in [0.15, 0.2) is 23.3 Å². The fraction of sp³-hybridized carbons (Fsp3) is 0.385. The largest absolute Gasteiger partial charge is 0.493 e. The van der Waals surface area contributed by atoms with Crippen molar-refractivity contribution in [2.24, 2.45) is 5.10 Å². The van der Waals surface area contributed by atoms with Gasteiger partial charge >= 0.3 is 0 Å². The minimum Gasteiger partial charge on any atom is -0.493 e. The Morgan fingerprint density at radius 2 is 2.22 bits per heavy atom. The van der Waals surface area contributed by atoms with Gasteiger partial charge in [-0.2, -0.15) is 5.10 Å². The molecule has 96 valence electrons. The number of methoxy groups -OCH3 is 1. The lowest BCUT2D eigenvalue weighted by Gasteiger charge is -2.21. The van der Waals surface area contributed by atoms with Crippen LogP contribution in [-0.2, 0) is 4.79 Å². The van der Waals surface area contributed by atoms with E-state index in [1.54, 1.807) is 31.5 Å². The van der Waals surface area contributed by atoms with E-state index in [0.29, 0.717) is 36.6 Å². The molecular weight excluding hydrogens is 232 g/mol. The molecule has 0 bridgehead atoms. The molecule has 0 N–H and O–H groups in total. The maximum absolute atomic E-state index is 11.8. The summed E-state index contributed by atoms with van der Waals surface area (Å²) in [4.78, 5) is 11.8. The van der Waals surface area contributed by atoms with Gasteiger partial charge in [-0.05, 0) is 25.5 Å². The molecule has 1 heterocycles. The van der Waals surface area contributed by atoms with Crippen LogP contribution in [0.5, 0.6) is 11.5 Å². The first-order valence-electron chi connectivity index (χ1n) is 5.92. The maximum Gasteiger partial charge on any atom is 0.247 e. The van der Waals surface area contributed by atoms with Crippen LogP contribution in [0.1, 0.15) is 19.8 Å². The molecule has 18 heavy (non-hydrogen) atoms. The van der Waals surface area contributed by atoms with Crippen molar-refractivity contribution in [1.82, 2.24) is 0 Å². The van der Waals surface area contributed by atoms with Gasteiger partial charge in [-0.3, -0.25) is 4.79 Å². The second kappa shape index (κ2) is 5.53. The lowest BCUT2D eigenvalue weighted by atomic mass is 10.2. The Balaban J connectivity index is 2.33. The van der Waals surface area contributed by atoms with Crippen molar-refractivity contribution in [2.45, 2.75) is 19.8 Å². The molecular formula is C13H16N2O3. The number of hydrogen-bond acceptors (Lipinski definition) is 4. The van der Waals surface area contributed by atoms with Gasteiger partial charge in [0.05, 0.1) is 19.4 Å². The Bertz CT molecular complexity index is 471. The number of benzene rings is 1. The fourth-order valence-electron chi connectivity index (χ4n) is 1.77. The topological polar surface area (TPSA) is 51.1 Å². The minimum absolute atomic E-state index is 0.00915. The van der Waals surface area contributed by atoms with Crippen LogP contribution in [0.4, 0.5) is 5.69 Å². The van der Waals surface area contributed by atoms with E-state index < -0.39 is 0 Å². The molecule has 5 heteroatoms. The van der Waals surface area contributed by atoms with Gasteiger partial charge in [-0.25, -0.2) is 5.01 Å². The van der Waals surface area contributed by atoms with Gasteiger partial charge in [0.2, 0.25) is 5.91 Å². The van der Waals surface area contributed by atoms with E-state index in [1.807, 2.05) is 6.92 Å². The number of nitrogens with zero attached hydrogens (tertiary/aromatic N) is 2. The molecule has 0 aromatic heterocycles. The monoisotopic (exact) mass is 248 g/mol. The van der Waals surface area contributed by atoms with Gasteiger partial charge in [-0.15, -0.1) is 0 Å². The number of anilines is 1. The molecule has 0 aliphatic carbocycles. The second-order valence-electron chi connectivity index (χ2n) is 3.81. The Kier molecular flexibility index (Phi) is 3.82. The van der Waals surface area contributed by atoms with E-state index in [9.17, 15) is 4.79 Å². The van der Waals surface area contributed by atoms with Crippen LogP contribution >= 0.6 is 0 Å². The molecule has 0 fully saturated rings. The van der Waals surface area contributed by atoms with Gasteiger partial charge in [0.15, 0.2) is 11.5 Å². The smallest absolute Gasteiger partial charge is 0.247 e. The van der Waals surface area contributed by atoms with E-state index >= 15 is 0 Å². The van der Waals surface area contributed by atoms with Crippen molar-refractivity contribution in [3.8, 4) is 11.5 Å². The zero-order valence-corrected chi connectivity index (χ0v) is 10.5. The van der Waals surface area contributed by atoms with Crippen molar-refractivity contribution in [2.75, 3.05) is 18.7 Å². The number of amides is 1. The first-order chi connectivity index (χ1) is 8.76. The van der Waals surface area contributed by atoms with Crippen LogP contribution < -0.4 is 14.5 Å². The highest BCUT2D eigenvalue weighted by atomic mass is 16.5. The van der Waals surface area contributed by atoms with Crippen molar-refractivity contribution in [3.63, 3.8) is 0 Å². The van der Waals surface area contributed by atoms with Crippen LogP contribution in [0, 0.1) is 0 Å². The van der Waals surface area contributed by atoms with E-state index in [1.165, 1.54) is 5.01 Å². The lowest BCUT2D eigenvalue weighted by Crippen LogP contribution is -2.28. The summed E-state index contributed by atoms with van der Waals surface area (Å²) in [5.74, 6) is 1.25. The highest BCUT2D eigenvalue weighted by Gasteiger charge is 2.19. The second-order valence-corrected chi connectivity index (χ2v) is 3.81. The molecule has 5 nitrogen and oxygen atoms in total. The first kappa shape index (κ1) is 12.4. The zero-order valence-electron chi connectivity index (χ0n) is 10.5. The Hall–Kier alpha value is -2.04. The predicted molar refractivity (Wildman–Crippen MR) is 69.4 cm³/mol. The molecule has 0 saturated carbocycles. The third-order valence-electron chi connectivity index (χ3n) is 2.61. The van der Waals surface area contributed by atoms with Crippen molar-refractivity contribution in [3.05, 3.63) is 18.2 Å². The normalized spacial score (nSPS) is 14.8. The first-order valence-corrected chi connectivity index (χ1v) is 5.92. The summed E-state index contributed by atoms with van der Waals surface area (Å²) < 4.78 is 10.7. The van der Waals surface area contributed by atoms with E-state index in [2.05, 4.69) is 5.10 Å². The van der Waals surface area contributed by atoms with Crippen LogP contribution in [-0.4, -0.2) is 25.8 Å². The van der Waals surface area contributed by atoms with Gasteiger partial charge in [0, 0.05) is 18.7 Å². The Morgan fingerprint density at radius 1 is 1.39 bits per heavy atom. The average Bonchev–Trinajstić information content (AvgIpc) is 2.40. The third-order valence-corrected chi connectivity index (χ3v) is 2.61. The van der Waals surface area contributed by atoms with Crippen molar-refractivity contribution >= 4 is 17.8 Å². The van der Waals surface area contributed by atoms with Crippen molar-refractivity contribution in [1.29, 1.82) is 0 Å². The van der Waals surface area contributed by atoms with Crippen molar-refractivity contribution < 1.29 is 14.3 Å². The van der Waals surface area contributed by atoms with Crippen LogP contribution in [0.2, 0.25) is 0 Å². The third kappa shape index (κ3) is 2.45. The molecule has 2 rings (SSSR count). The van der Waals surface area contributed by atoms with Gasteiger partial charge < -0.3 is 9.47 Å². The van der Waals surface area contributed by atoms with Gasteiger partial charge in [0.25, 0.3) is 0 Å². The SMILES string of the molecule is CCOc1cc(N2N=CCCC2=O)ccc1OC. The molecule has 1 aromatic rings. The number of hydrogen-bond donors (Lipinski definition) is 0. The summed E-state index contributed by atoms with van der Waals surface area (Å²) >= 11 is 0. The van der Waals surface area contributed by atoms with Gasteiger partial charge in [-0.1, -0.05) is 0 Å². The number of ether oxygens (including phenoxy) is 2. The van der Waals surface area contributed by atoms with Crippen LogP contribution in [0.25, 0.3) is 0 Å². The van der Waals surface area contributed by atoms with Crippen LogP contribution in [0.3, 0.4) is 0 Å². The molecule has 0 spiro atoms. The average molecular weight is 248 g/mol. The van der Waals surface area contributed by atoms with E-state index in [4.69, 9.17) is 9.47 Å². The standard InChI is InChI=1S/C13H16N2O3/c1-3-18-12-9-10(6-7-11(12)17-2)15-13(16)5-4-8-14-15/h6-9H,3-5H2,1-2H3. The summed E-state index contributed by atoms with van der Waals surface area (Å²) in [5.41, 5.74) is 0.695. The molecule has 0 saturated heterocycles. The number of hydrazone groups is 1. The fourth-order valence-corrected chi connectivity index (χ4v) is 1.77. The Morgan fingerprint density at radius 3 is 2.89 bits per heavy atom. The lowest BCUT2D eigenvalue weighted by molar-refractivity contribution is -0.118. The summed E-state index contributed by atoms with van der Waals surface area (Å²) in [6.07, 6.45) is 2.93. The summed E-state index contributed by atoms with van der Waals surface area (Å²) in [5, 5.41) is 5.49. The predicted octanol–water partition coefficient (Wildman–Crippen LogP) is 2.21. The molecule has 1 amide bonds. The highest BCUT2D eigenvalue weighted by Crippen LogP contribution is 2.32. The van der Waals surface area contributed by atoms with E-state index in [-0.39, 0.29) is 5.91 Å². The molecule has 1 aromatic carbocycles. The highest BCUT2D eigenvalue weighted by molar-refractivity contribution is 5.97. The van der Waals surface area contributed by atoms with Gasteiger partial charge in [0.1, 0.15) is 0 Å². The van der Waals surface area contributed by atoms with E-state index in [0.717, 1.165) is 0 Å². The quantitative estimate of drug-likeness (QED) is 0.820. The molecule has 0 atom stereocenters. The molecule has 1 aliphatic rings. The number of rotatable bonds is 4. The molecule has 0 unspecified atom stereocenters. The maximum atomic E-state index is 11.8. The number of carbonyl (C=O) groups excluding carboxylic acids is 1. The summed E-state index contributed by atoms with van der Waals surface area (Å²) in [7, 11) is 1.59. The zero-order chi connectivity index (χ0) is 13.0. The minimum atomic E-state index is -0.00915.